The second kappa shape index (κ2) is 10.1. The summed E-state index contributed by atoms with van der Waals surface area (Å²) in [5, 5.41) is 13.5. The number of aliphatic carboxylic acids is 1. The Bertz CT molecular complexity index is 960. The minimum atomic E-state index is -1.24. The van der Waals surface area contributed by atoms with E-state index in [4.69, 9.17) is 9.84 Å². The van der Waals surface area contributed by atoms with Gasteiger partial charge >= 0.3 is 12.1 Å². The first kappa shape index (κ1) is 20.9. The molecule has 0 spiro atoms. The van der Waals surface area contributed by atoms with Gasteiger partial charge in [-0.15, -0.1) is 0 Å². The van der Waals surface area contributed by atoms with E-state index in [1.54, 1.807) is 0 Å². The number of rotatable bonds is 7. The van der Waals surface area contributed by atoms with Crippen LogP contribution in [0, 0.1) is 11.8 Å². The Hall–Kier alpha value is -3.79. The molecule has 2 aromatic rings. The van der Waals surface area contributed by atoms with Crippen LogP contribution < -0.4 is 10.6 Å². The van der Waals surface area contributed by atoms with E-state index in [-0.39, 0.29) is 31.4 Å². The fourth-order valence-electron chi connectivity index (χ4n) is 3.44. The highest BCUT2D eigenvalue weighted by Crippen LogP contribution is 2.44. The van der Waals surface area contributed by atoms with Crippen molar-refractivity contribution >= 4 is 18.0 Å². The van der Waals surface area contributed by atoms with Crippen LogP contribution in [0.5, 0.6) is 0 Å². The molecular weight excluding hydrogens is 384 g/mol. The molecule has 7 nitrogen and oxygen atoms in total. The highest BCUT2D eigenvalue weighted by molar-refractivity contribution is 5.86. The van der Waals surface area contributed by atoms with Gasteiger partial charge in [0.2, 0.25) is 5.91 Å². The Morgan fingerprint density at radius 2 is 1.60 bits per heavy atom. The number of hydrogen-bond donors (Lipinski definition) is 3. The average molecular weight is 406 g/mol. The second-order valence-electron chi connectivity index (χ2n) is 6.74. The zero-order valence-electron chi connectivity index (χ0n) is 16.3. The largest absolute Gasteiger partial charge is 0.472 e. The first-order chi connectivity index (χ1) is 14.6. The molecule has 0 fully saturated rings. The van der Waals surface area contributed by atoms with Crippen LogP contribution in [0.15, 0.2) is 48.5 Å². The van der Waals surface area contributed by atoms with E-state index in [0.29, 0.717) is 13.0 Å². The third kappa shape index (κ3) is 5.39. The van der Waals surface area contributed by atoms with E-state index in [1.807, 2.05) is 30.2 Å². The summed E-state index contributed by atoms with van der Waals surface area (Å²) in [4.78, 5) is 33.9. The number of nitrogens with one attached hydrogen (secondary N) is 2. The van der Waals surface area contributed by atoms with Crippen LogP contribution >= 0.6 is 0 Å². The van der Waals surface area contributed by atoms with Crippen LogP contribution in [0.2, 0.25) is 0 Å². The number of ether oxygens (including phenoxy) is 1. The van der Waals surface area contributed by atoms with Crippen LogP contribution in [0.25, 0.3) is 11.1 Å². The molecule has 1 aliphatic rings. The molecule has 2 aromatic carbocycles. The Balaban J connectivity index is 1.40. The van der Waals surface area contributed by atoms with E-state index < -0.39 is 12.1 Å². The first-order valence-corrected chi connectivity index (χ1v) is 9.63. The SMILES string of the molecule is O=C(O)C#CCNC(=O)CCCNC(=O)OCC1c2ccccc2-c2ccccc21. The molecule has 0 saturated carbocycles. The van der Waals surface area contributed by atoms with Gasteiger partial charge in [-0.1, -0.05) is 54.5 Å². The number of carboxylic acids is 1. The zero-order chi connectivity index (χ0) is 21.3. The summed E-state index contributed by atoms with van der Waals surface area (Å²) in [5.41, 5.74) is 4.63. The minimum Gasteiger partial charge on any atom is -0.472 e. The van der Waals surface area contributed by atoms with Gasteiger partial charge in [-0.2, -0.15) is 0 Å². The van der Waals surface area contributed by atoms with E-state index in [9.17, 15) is 14.4 Å². The normalized spacial score (nSPS) is 11.5. The van der Waals surface area contributed by atoms with Crippen molar-refractivity contribution < 1.29 is 24.2 Å². The Morgan fingerprint density at radius 3 is 2.23 bits per heavy atom. The van der Waals surface area contributed by atoms with Crippen LogP contribution in [0.4, 0.5) is 4.79 Å². The number of fused-ring (bicyclic) bond motifs is 3. The Morgan fingerprint density at radius 1 is 0.967 bits per heavy atom. The standard InChI is InChI=1S/C23H22N2O5/c26-21(24-13-6-12-22(27)28)11-5-14-25-23(29)30-15-20-18-9-3-1-7-16(18)17-8-2-4-10-19(17)20/h1-4,7-10,20H,5,11,13-15H2,(H,24,26)(H,25,29)(H,27,28). The molecule has 1 aliphatic carbocycles. The maximum absolute atomic E-state index is 12.0. The van der Waals surface area contributed by atoms with Gasteiger partial charge in [0.1, 0.15) is 6.61 Å². The lowest BCUT2D eigenvalue weighted by molar-refractivity contribution is -0.130. The summed E-state index contributed by atoms with van der Waals surface area (Å²) in [6, 6.07) is 16.2. The van der Waals surface area contributed by atoms with Gasteiger partial charge in [0.05, 0.1) is 6.54 Å². The summed E-state index contributed by atoms with van der Waals surface area (Å²) >= 11 is 0. The predicted octanol–water partition coefficient (Wildman–Crippen LogP) is 2.51. The van der Waals surface area contributed by atoms with Crippen molar-refractivity contribution in [1.82, 2.24) is 10.6 Å². The van der Waals surface area contributed by atoms with Gasteiger partial charge in [0.15, 0.2) is 0 Å². The molecule has 0 heterocycles. The molecule has 0 atom stereocenters. The van der Waals surface area contributed by atoms with Crippen molar-refractivity contribution in [3.05, 3.63) is 59.7 Å². The molecule has 0 saturated heterocycles. The summed E-state index contributed by atoms with van der Waals surface area (Å²) in [6.07, 6.45) is 0.102. The fourth-order valence-corrected chi connectivity index (χ4v) is 3.44. The molecule has 2 amide bonds. The molecular formula is C23H22N2O5. The maximum atomic E-state index is 12.0. The first-order valence-electron chi connectivity index (χ1n) is 9.63. The topological polar surface area (TPSA) is 105 Å². The zero-order valence-corrected chi connectivity index (χ0v) is 16.3. The molecule has 3 rings (SSSR count). The van der Waals surface area contributed by atoms with E-state index >= 15 is 0 Å². The summed E-state index contributed by atoms with van der Waals surface area (Å²) < 4.78 is 5.42. The summed E-state index contributed by atoms with van der Waals surface area (Å²) in [5.74, 6) is 2.72. The number of amides is 2. The van der Waals surface area contributed by atoms with Crippen LogP contribution in [0.3, 0.4) is 0 Å². The maximum Gasteiger partial charge on any atom is 0.407 e. The van der Waals surface area contributed by atoms with Crippen molar-refractivity contribution in [2.45, 2.75) is 18.8 Å². The van der Waals surface area contributed by atoms with Crippen molar-refractivity contribution in [1.29, 1.82) is 0 Å². The fraction of sp³-hybridized carbons (Fsp3) is 0.261. The van der Waals surface area contributed by atoms with Crippen LogP contribution in [-0.2, 0) is 14.3 Å². The number of carbonyl (C=O) groups excluding carboxylic acids is 2. The molecule has 0 unspecified atom stereocenters. The number of benzene rings is 2. The van der Waals surface area contributed by atoms with Crippen molar-refractivity contribution in [3.8, 4) is 23.0 Å². The Labute approximate surface area is 174 Å². The highest BCUT2D eigenvalue weighted by atomic mass is 16.5. The molecule has 0 aliphatic heterocycles. The lowest BCUT2D eigenvalue weighted by atomic mass is 9.98. The van der Waals surface area contributed by atoms with Gasteiger partial charge in [-0.25, -0.2) is 9.59 Å². The molecule has 7 heteroatoms. The summed E-state index contributed by atoms with van der Waals surface area (Å²) in [7, 11) is 0. The molecule has 0 radical (unpaired) electrons. The summed E-state index contributed by atoms with van der Waals surface area (Å²) in [6.45, 7) is 0.512. The Kier molecular flexibility index (Phi) is 7.06. The minimum absolute atomic E-state index is 0.000777. The van der Waals surface area contributed by atoms with E-state index in [1.165, 1.54) is 11.1 Å². The van der Waals surface area contributed by atoms with Crippen molar-refractivity contribution in [3.63, 3.8) is 0 Å². The van der Waals surface area contributed by atoms with Gasteiger partial charge < -0.3 is 20.5 Å². The number of carboxylic acid groups (broad SMARTS) is 1. The predicted molar refractivity (Wildman–Crippen MR) is 111 cm³/mol. The average Bonchev–Trinajstić information content (AvgIpc) is 3.06. The van der Waals surface area contributed by atoms with E-state index in [2.05, 4.69) is 40.8 Å². The van der Waals surface area contributed by atoms with Crippen molar-refractivity contribution in [2.24, 2.45) is 0 Å². The van der Waals surface area contributed by atoms with Crippen molar-refractivity contribution in [2.75, 3.05) is 19.7 Å². The lowest BCUT2D eigenvalue weighted by Crippen LogP contribution is -2.29. The number of hydrogen-bond acceptors (Lipinski definition) is 4. The second-order valence-corrected chi connectivity index (χ2v) is 6.74. The molecule has 0 bridgehead atoms. The van der Waals surface area contributed by atoms with Gasteiger partial charge in [0.25, 0.3) is 0 Å². The molecule has 154 valence electrons. The quantitative estimate of drug-likeness (QED) is 0.484. The third-order valence-corrected chi connectivity index (χ3v) is 4.76. The lowest BCUT2D eigenvalue weighted by Gasteiger charge is -2.14. The molecule has 0 aromatic heterocycles. The van der Waals surface area contributed by atoms with E-state index in [0.717, 1.165) is 11.1 Å². The molecule has 30 heavy (non-hydrogen) atoms. The van der Waals surface area contributed by atoms with Gasteiger partial charge in [-0.3, -0.25) is 4.79 Å². The smallest absolute Gasteiger partial charge is 0.407 e. The highest BCUT2D eigenvalue weighted by Gasteiger charge is 2.28. The third-order valence-electron chi connectivity index (χ3n) is 4.76. The number of alkyl carbamates (subject to hydrolysis) is 1. The van der Waals surface area contributed by atoms with Crippen LogP contribution in [0.1, 0.15) is 29.9 Å². The van der Waals surface area contributed by atoms with Crippen LogP contribution in [-0.4, -0.2) is 42.8 Å². The van der Waals surface area contributed by atoms with Gasteiger partial charge in [-0.05, 0) is 28.7 Å². The monoisotopic (exact) mass is 406 g/mol. The van der Waals surface area contributed by atoms with Gasteiger partial charge in [0, 0.05) is 24.8 Å². The molecule has 3 N–H and O–H groups in total. The number of carbonyl (C=O) groups is 3.